The van der Waals surface area contributed by atoms with Gasteiger partial charge in [-0.15, -0.1) is 11.3 Å². The average Bonchev–Trinajstić information content (AvgIpc) is 3.03. The highest BCUT2D eigenvalue weighted by molar-refractivity contribution is 7.09. The molecule has 0 fully saturated rings. The highest BCUT2D eigenvalue weighted by Crippen LogP contribution is 2.29. The van der Waals surface area contributed by atoms with E-state index in [2.05, 4.69) is 10.3 Å². The second-order valence-electron chi connectivity index (χ2n) is 4.41. The van der Waals surface area contributed by atoms with Gasteiger partial charge in [0.25, 0.3) is 0 Å². The van der Waals surface area contributed by atoms with Crippen molar-refractivity contribution in [3.63, 3.8) is 0 Å². The van der Waals surface area contributed by atoms with Gasteiger partial charge < -0.3 is 19.5 Å². The fourth-order valence-corrected chi connectivity index (χ4v) is 2.32. The summed E-state index contributed by atoms with van der Waals surface area (Å²) in [7, 11) is 3.34. The monoisotopic (exact) mass is 308 g/mol. The first-order valence-electron chi connectivity index (χ1n) is 6.70. The van der Waals surface area contributed by atoms with E-state index in [1.54, 1.807) is 31.1 Å². The average molecular weight is 308 g/mol. The van der Waals surface area contributed by atoms with Crippen LogP contribution in [-0.2, 0) is 17.9 Å². The maximum atomic E-state index is 5.78. The third-order valence-corrected chi connectivity index (χ3v) is 3.65. The predicted molar refractivity (Wildman–Crippen MR) is 83.0 cm³/mol. The van der Waals surface area contributed by atoms with Gasteiger partial charge in [0, 0.05) is 26.4 Å². The van der Waals surface area contributed by atoms with E-state index in [1.165, 1.54) is 0 Å². The number of methoxy groups -OCH3 is 2. The van der Waals surface area contributed by atoms with E-state index >= 15 is 0 Å². The summed E-state index contributed by atoms with van der Waals surface area (Å²) in [6.07, 6.45) is 1.81. The fraction of sp³-hybridized carbons (Fsp3) is 0.400. The molecular formula is C15H20N2O3S. The molecule has 1 N–H and O–H groups in total. The Morgan fingerprint density at radius 2 is 2.14 bits per heavy atom. The van der Waals surface area contributed by atoms with E-state index in [-0.39, 0.29) is 0 Å². The molecule has 0 saturated carbocycles. The zero-order chi connectivity index (χ0) is 14.9. The van der Waals surface area contributed by atoms with Crippen molar-refractivity contribution in [1.82, 2.24) is 10.3 Å². The van der Waals surface area contributed by atoms with Crippen LogP contribution in [-0.4, -0.2) is 32.4 Å². The maximum Gasteiger partial charge on any atom is 0.161 e. The van der Waals surface area contributed by atoms with Gasteiger partial charge >= 0.3 is 0 Å². The van der Waals surface area contributed by atoms with Crippen molar-refractivity contribution in [3.8, 4) is 11.5 Å². The number of nitrogens with one attached hydrogen (secondary N) is 1. The van der Waals surface area contributed by atoms with Crippen molar-refractivity contribution in [2.24, 2.45) is 0 Å². The van der Waals surface area contributed by atoms with Crippen LogP contribution in [0.4, 0.5) is 0 Å². The van der Waals surface area contributed by atoms with Gasteiger partial charge in [-0.05, 0) is 17.7 Å². The van der Waals surface area contributed by atoms with Crippen LogP contribution < -0.4 is 14.8 Å². The number of hydrogen-bond acceptors (Lipinski definition) is 6. The van der Waals surface area contributed by atoms with Gasteiger partial charge in [-0.3, -0.25) is 4.98 Å². The van der Waals surface area contributed by atoms with Crippen molar-refractivity contribution < 1.29 is 14.2 Å². The van der Waals surface area contributed by atoms with Crippen LogP contribution >= 0.6 is 11.3 Å². The molecule has 21 heavy (non-hydrogen) atoms. The predicted octanol–water partition coefficient (Wildman–Crippen LogP) is 2.47. The lowest BCUT2D eigenvalue weighted by Crippen LogP contribution is -2.18. The lowest BCUT2D eigenvalue weighted by molar-refractivity contribution is 0.199. The molecule has 0 radical (unpaired) electrons. The van der Waals surface area contributed by atoms with Crippen LogP contribution in [0.1, 0.15) is 10.4 Å². The fourth-order valence-electron chi connectivity index (χ4n) is 1.81. The molecule has 5 nitrogen and oxygen atoms in total. The molecule has 114 valence electrons. The Kier molecular flexibility index (Phi) is 6.46. The second kappa shape index (κ2) is 8.61. The summed E-state index contributed by atoms with van der Waals surface area (Å²) in [4.78, 5) is 5.11. The first-order chi connectivity index (χ1) is 10.3. The molecule has 0 aliphatic heterocycles. The van der Waals surface area contributed by atoms with Crippen LogP contribution in [0.15, 0.2) is 29.9 Å². The molecule has 0 saturated heterocycles. The van der Waals surface area contributed by atoms with Crippen molar-refractivity contribution in [1.29, 1.82) is 0 Å². The van der Waals surface area contributed by atoms with Gasteiger partial charge in [0.15, 0.2) is 11.5 Å². The SMILES string of the molecule is COCCNCc1ccc(OCc2cncs2)c(OC)c1. The molecule has 1 aromatic carbocycles. The smallest absolute Gasteiger partial charge is 0.161 e. The molecule has 1 heterocycles. The summed E-state index contributed by atoms with van der Waals surface area (Å²) in [5.41, 5.74) is 2.94. The standard InChI is InChI=1S/C15H20N2O3S/c1-18-6-5-16-8-12-3-4-14(15(7-12)19-2)20-10-13-9-17-11-21-13/h3-4,7,9,11,16H,5-6,8,10H2,1-2H3. The Bertz CT molecular complexity index is 532. The molecule has 0 atom stereocenters. The molecule has 6 heteroatoms. The molecule has 1 aromatic heterocycles. The van der Waals surface area contributed by atoms with E-state index in [1.807, 2.05) is 24.4 Å². The second-order valence-corrected chi connectivity index (χ2v) is 5.38. The number of ether oxygens (including phenoxy) is 3. The number of nitrogens with zero attached hydrogens (tertiary/aromatic N) is 1. The largest absolute Gasteiger partial charge is 0.493 e. The third kappa shape index (κ3) is 5.00. The Hall–Kier alpha value is -1.63. The van der Waals surface area contributed by atoms with Crippen LogP contribution in [0.25, 0.3) is 0 Å². The van der Waals surface area contributed by atoms with E-state index in [9.17, 15) is 0 Å². The molecule has 2 aromatic rings. The highest BCUT2D eigenvalue weighted by atomic mass is 32.1. The van der Waals surface area contributed by atoms with Gasteiger partial charge in [0.1, 0.15) is 6.61 Å². The third-order valence-electron chi connectivity index (χ3n) is 2.89. The summed E-state index contributed by atoms with van der Waals surface area (Å²) in [5, 5.41) is 3.30. The molecule has 2 rings (SSSR count). The van der Waals surface area contributed by atoms with E-state index in [0.717, 1.165) is 35.0 Å². The number of aromatic nitrogens is 1. The first-order valence-corrected chi connectivity index (χ1v) is 7.58. The van der Waals surface area contributed by atoms with Crippen LogP contribution in [0.2, 0.25) is 0 Å². The lowest BCUT2D eigenvalue weighted by atomic mass is 10.2. The zero-order valence-electron chi connectivity index (χ0n) is 12.3. The molecule has 0 aliphatic rings. The summed E-state index contributed by atoms with van der Waals surface area (Å²) >= 11 is 1.58. The number of hydrogen-bond donors (Lipinski definition) is 1. The Balaban J connectivity index is 1.92. The maximum absolute atomic E-state index is 5.78. The van der Waals surface area contributed by atoms with E-state index in [4.69, 9.17) is 14.2 Å². The molecule has 0 spiro atoms. The van der Waals surface area contributed by atoms with Crippen molar-refractivity contribution in [3.05, 3.63) is 40.3 Å². The Morgan fingerprint density at radius 3 is 2.86 bits per heavy atom. The lowest BCUT2D eigenvalue weighted by Gasteiger charge is -2.12. The van der Waals surface area contributed by atoms with Crippen LogP contribution in [0.3, 0.4) is 0 Å². The summed E-state index contributed by atoms with van der Waals surface area (Å²) < 4.78 is 16.2. The first kappa shape index (κ1) is 15.8. The molecule has 0 amide bonds. The summed E-state index contributed by atoms with van der Waals surface area (Å²) in [6, 6.07) is 5.96. The molecule has 0 aliphatic carbocycles. The summed E-state index contributed by atoms with van der Waals surface area (Å²) in [5.74, 6) is 1.48. The number of thiazole rings is 1. The minimum atomic E-state index is 0.506. The Labute approximate surface area is 128 Å². The minimum Gasteiger partial charge on any atom is -0.493 e. The van der Waals surface area contributed by atoms with Gasteiger partial charge in [-0.25, -0.2) is 0 Å². The van der Waals surface area contributed by atoms with E-state index in [0.29, 0.717) is 13.2 Å². The zero-order valence-corrected chi connectivity index (χ0v) is 13.1. The topological polar surface area (TPSA) is 52.6 Å². The van der Waals surface area contributed by atoms with Gasteiger partial charge in [0.2, 0.25) is 0 Å². The summed E-state index contributed by atoms with van der Waals surface area (Å²) in [6.45, 7) is 2.80. The number of rotatable bonds is 9. The van der Waals surface area contributed by atoms with Crippen molar-refractivity contribution in [2.75, 3.05) is 27.4 Å². The van der Waals surface area contributed by atoms with Gasteiger partial charge in [-0.1, -0.05) is 6.07 Å². The van der Waals surface area contributed by atoms with E-state index < -0.39 is 0 Å². The van der Waals surface area contributed by atoms with Crippen LogP contribution in [0, 0.1) is 0 Å². The quantitative estimate of drug-likeness (QED) is 0.721. The normalized spacial score (nSPS) is 10.6. The highest BCUT2D eigenvalue weighted by Gasteiger charge is 2.06. The van der Waals surface area contributed by atoms with Gasteiger partial charge in [-0.2, -0.15) is 0 Å². The van der Waals surface area contributed by atoms with Crippen LogP contribution in [0.5, 0.6) is 11.5 Å². The Morgan fingerprint density at radius 1 is 1.24 bits per heavy atom. The molecular weight excluding hydrogens is 288 g/mol. The van der Waals surface area contributed by atoms with Crippen molar-refractivity contribution >= 4 is 11.3 Å². The minimum absolute atomic E-state index is 0.506. The molecule has 0 bridgehead atoms. The molecule has 0 unspecified atom stereocenters. The van der Waals surface area contributed by atoms with Gasteiger partial charge in [0.05, 0.1) is 24.1 Å². The van der Waals surface area contributed by atoms with Crippen molar-refractivity contribution in [2.45, 2.75) is 13.2 Å². The number of benzene rings is 1.